The second kappa shape index (κ2) is 9.82. The number of amides is 3. The first-order chi connectivity index (χ1) is 14.8. The summed E-state index contributed by atoms with van der Waals surface area (Å²) in [6.07, 6.45) is 1.19. The first-order valence-corrected chi connectivity index (χ1v) is 9.80. The van der Waals surface area contributed by atoms with Crippen molar-refractivity contribution in [3.63, 3.8) is 0 Å². The molecule has 0 radical (unpaired) electrons. The van der Waals surface area contributed by atoms with E-state index in [0.29, 0.717) is 37.0 Å². The summed E-state index contributed by atoms with van der Waals surface area (Å²) in [7, 11) is 0. The van der Waals surface area contributed by atoms with Gasteiger partial charge in [-0.25, -0.2) is 19.7 Å². The zero-order valence-electron chi connectivity index (χ0n) is 16.7. The lowest BCUT2D eigenvalue weighted by molar-refractivity contribution is -0.124. The minimum absolute atomic E-state index is 0.178. The van der Waals surface area contributed by atoms with Crippen molar-refractivity contribution in [1.29, 1.82) is 0 Å². The van der Waals surface area contributed by atoms with Gasteiger partial charge in [-0.05, 0) is 19.3 Å². The lowest BCUT2D eigenvalue weighted by atomic mass is 10.0. The Kier molecular flexibility index (Phi) is 7.17. The molecule has 1 aliphatic heterocycles. The molecule has 0 bridgehead atoms. The van der Waals surface area contributed by atoms with Gasteiger partial charge >= 0.3 is 6.03 Å². The zero-order valence-corrected chi connectivity index (χ0v) is 16.7. The number of anilines is 1. The first kappa shape index (κ1) is 22.6. The number of imidazole rings is 1. The van der Waals surface area contributed by atoms with Crippen LogP contribution in [-0.4, -0.2) is 79.1 Å². The molecule has 0 aliphatic carbocycles. The van der Waals surface area contributed by atoms with Crippen molar-refractivity contribution < 1.29 is 24.5 Å². The third kappa shape index (κ3) is 4.99. The van der Waals surface area contributed by atoms with Crippen molar-refractivity contribution in [2.75, 3.05) is 18.9 Å². The highest BCUT2D eigenvalue weighted by molar-refractivity contribution is 5.82. The molecule has 2 aromatic heterocycles. The second-order valence-corrected chi connectivity index (χ2v) is 7.25. The van der Waals surface area contributed by atoms with Crippen molar-refractivity contribution >= 4 is 28.9 Å². The largest absolute Gasteiger partial charge is 0.394 e. The van der Waals surface area contributed by atoms with E-state index in [-0.39, 0.29) is 5.82 Å². The molecule has 0 saturated carbocycles. The molecular formula is C17H27N9O5. The van der Waals surface area contributed by atoms with Crippen LogP contribution in [0, 0.1) is 0 Å². The van der Waals surface area contributed by atoms with Crippen LogP contribution < -0.4 is 27.8 Å². The SMILES string of the molecule is NC(=O)NCCCCC(N)C(=O)N[C@H]1[C@@H](O)[C@H](n2cnc3c(N)ncnc32)O[C@@H]1CO. The Morgan fingerprint density at radius 2 is 2.06 bits per heavy atom. The Morgan fingerprint density at radius 3 is 2.77 bits per heavy atom. The molecule has 0 spiro atoms. The van der Waals surface area contributed by atoms with Gasteiger partial charge in [-0.1, -0.05) is 0 Å². The van der Waals surface area contributed by atoms with Gasteiger partial charge < -0.3 is 42.8 Å². The number of ether oxygens (including phenoxy) is 1. The predicted octanol–water partition coefficient (Wildman–Crippen LogP) is -2.69. The first-order valence-electron chi connectivity index (χ1n) is 9.80. The summed E-state index contributed by atoms with van der Waals surface area (Å²) in [6, 6.07) is -2.34. The number of urea groups is 1. The molecule has 3 rings (SSSR count). The van der Waals surface area contributed by atoms with Gasteiger partial charge in [-0.3, -0.25) is 9.36 Å². The summed E-state index contributed by atoms with van der Waals surface area (Å²) in [5, 5.41) is 25.6. The molecule has 5 atom stereocenters. The number of fused-ring (bicyclic) bond motifs is 1. The standard InChI is InChI=1S/C17H27N9O5/c18-8(3-1-2-4-21-17(20)30)15(29)25-10-9(5-27)31-16(12(10)28)26-7-24-11-13(19)22-6-23-14(11)26/h6-10,12,16,27-28H,1-5,18H2,(H,25,29)(H2,19,22,23)(H3,20,21,30)/t8?,9-,10-,12-,16-/m1/s1. The Bertz CT molecular complexity index is 923. The molecule has 3 heterocycles. The lowest BCUT2D eigenvalue weighted by Gasteiger charge is -2.22. The van der Waals surface area contributed by atoms with Crippen LogP contribution in [0.5, 0.6) is 0 Å². The fraction of sp³-hybridized carbons (Fsp3) is 0.588. The van der Waals surface area contributed by atoms with Gasteiger partial charge in [0.15, 0.2) is 17.7 Å². The van der Waals surface area contributed by atoms with Gasteiger partial charge in [0.25, 0.3) is 0 Å². The number of nitrogens with zero attached hydrogens (tertiary/aromatic N) is 4. The summed E-state index contributed by atoms with van der Waals surface area (Å²) < 4.78 is 7.23. The highest BCUT2D eigenvalue weighted by Crippen LogP contribution is 2.32. The van der Waals surface area contributed by atoms with Crippen molar-refractivity contribution in [3.8, 4) is 0 Å². The maximum atomic E-state index is 12.5. The zero-order chi connectivity index (χ0) is 22.5. The highest BCUT2D eigenvalue weighted by Gasteiger charge is 2.46. The van der Waals surface area contributed by atoms with E-state index in [1.165, 1.54) is 17.2 Å². The Labute approximate surface area is 177 Å². The molecule has 1 aliphatic rings. The van der Waals surface area contributed by atoms with E-state index < -0.39 is 49.1 Å². The molecule has 1 unspecified atom stereocenters. The number of hydrogen-bond donors (Lipinski definition) is 7. The normalized spacial score (nSPS) is 24.2. The number of nitrogens with two attached hydrogens (primary N) is 3. The van der Waals surface area contributed by atoms with Gasteiger partial charge in [0.05, 0.1) is 25.0 Å². The minimum Gasteiger partial charge on any atom is -0.394 e. The van der Waals surface area contributed by atoms with Crippen molar-refractivity contribution in [1.82, 2.24) is 30.2 Å². The van der Waals surface area contributed by atoms with Crippen molar-refractivity contribution in [2.24, 2.45) is 11.5 Å². The number of hydrogen-bond acceptors (Lipinski definition) is 10. The number of primary amides is 1. The van der Waals surface area contributed by atoms with E-state index in [9.17, 15) is 19.8 Å². The molecule has 2 aromatic rings. The molecule has 1 saturated heterocycles. The van der Waals surface area contributed by atoms with E-state index in [1.807, 2.05) is 0 Å². The fourth-order valence-electron chi connectivity index (χ4n) is 3.47. The van der Waals surface area contributed by atoms with Crippen LogP contribution in [-0.2, 0) is 9.53 Å². The number of carbonyl (C=O) groups is 2. The number of rotatable bonds is 9. The number of carbonyl (C=O) groups excluding carboxylic acids is 2. The van der Waals surface area contributed by atoms with E-state index in [0.717, 1.165) is 0 Å². The van der Waals surface area contributed by atoms with E-state index >= 15 is 0 Å². The number of nitrogen functional groups attached to an aromatic ring is 1. The highest BCUT2D eigenvalue weighted by atomic mass is 16.5. The molecule has 14 heteroatoms. The van der Waals surface area contributed by atoms with Crippen LogP contribution in [0.25, 0.3) is 11.2 Å². The Morgan fingerprint density at radius 1 is 1.29 bits per heavy atom. The number of aliphatic hydroxyl groups excluding tert-OH is 2. The van der Waals surface area contributed by atoms with Crippen LogP contribution in [0.2, 0.25) is 0 Å². The number of aliphatic hydroxyl groups is 2. The number of aromatic nitrogens is 4. The molecule has 31 heavy (non-hydrogen) atoms. The van der Waals surface area contributed by atoms with Gasteiger partial charge in [0, 0.05) is 6.54 Å². The molecule has 14 nitrogen and oxygen atoms in total. The minimum atomic E-state index is -1.21. The molecule has 3 amide bonds. The predicted molar refractivity (Wildman–Crippen MR) is 108 cm³/mol. The Balaban J connectivity index is 1.62. The van der Waals surface area contributed by atoms with Crippen molar-refractivity contribution in [2.45, 2.75) is 49.8 Å². The lowest BCUT2D eigenvalue weighted by Crippen LogP contribution is -2.53. The third-order valence-electron chi connectivity index (χ3n) is 5.10. The van der Waals surface area contributed by atoms with Gasteiger partial charge in [-0.15, -0.1) is 0 Å². The molecule has 0 aromatic carbocycles. The summed E-state index contributed by atoms with van der Waals surface area (Å²) in [5.41, 5.74) is 17.4. The average Bonchev–Trinajstić information content (AvgIpc) is 3.29. The van der Waals surface area contributed by atoms with Gasteiger partial charge in [0.1, 0.15) is 24.1 Å². The maximum absolute atomic E-state index is 12.5. The summed E-state index contributed by atoms with van der Waals surface area (Å²) in [6.45, 7) is -0.0453. The van der Waals surface area contributed by atoms with Crippen LogP contribution in [0.15, 0.2) is 12.7 Å². The summed E-state index contributed by atoms with van der Waals surface area (Å²) in [4.78, 5) is 35.3. The maximum Gasteiger partial charge on any atom is 0.312 e. The van der Waals surface area contributed by atoms with Crippen LogP contribution in [0.4, 0.5) is 10.6 Å². The molecule has 1 fully saturated rings. The van der Waals surface area contributed by atoms with Gasteiger partial charge in [-0.2, -0.15) is 0 Å². The molecular weight excluding hydrogens is 410 g/mol. The second-order valence-electron chi connectivity index (χ2n) is 7.25. The summed E-state index contributed by atoms with van der Waals surface area (Å²) >= 11 is 0. The topological polar surface area (TPSA) is 230 Å². The fourth-order valence-corrected chi connectivity index (χ4v) is 3.47. The summed E-state index contributed by atoms with van der Waals surface area (Å²) in [5.74, 6) is -0.312. The molecule has 10 N–H and O–H groups in total. The van der Waals surface area contributed by atoms with Crippen molar-refractivity contribution in [3.05, 3.63) is 12.7 Å². The Hall–Kier alpha value is -3.07. The van der Waals surface area contributed by atoms with E-state index in [2.05, 4.69) is 25.6 Å². The van der Waals surface area contributed by atoms with E-state index in [1.54, 1.807) is 0 Å². The van der Waals surface area contributed by atoms with Gasteiger partial charge in [0.2, 0.25) is 5.91 Å². The van der Waals surface area contributed by atoms with Crippen LogP contribution in [0.3, 0.4) is 0 Å². The quantitative estimate of drug-likeness (QED) is 0.201. The number of unbranched alkanes of at least 4 members (excludes halogenated alkanes) is 1. The van der Waals surface area contributed by atoms with Crippen LogP contribution >= 0.6 is 0 Å². The average molecular weight is 437 g/mol. The van der Waals surface area contributed by atoms with E-state index in [4.69, 9.17) is 21.9 Å². The monoisotopic (exact) mass is 437 g/mol. The third-order valence-corrected chi connectivity index (χ3v) is 5.10. The van der Waals surface area contributed by atoms with Crippen LogP contribution in [0.1, 0.15) is 25.5 Å². The molecule has 170 valence electrons. The smallest absolute Gasteiger partial charge is 0.312 e. The number of nitrogens with one attached hydrogen (secondary N) is 2.